The molecule has 0 bridgehead atoms. The van der Waals surface area contributed by atoms with Gasteiger partial charge in [0.15, 0.2) is 0 Å². The molecule has 1 aromatic heterocycles. The molecule has 19 heavy (non-hydrogen) atoms. The van der Waals surface area contributed by atoms with E-state index in [2.05, 4.69) is 5.32 Å². The van der Waals surface area contributed by atoms with E-state index in [1.807, 2.05) is 47.2 Å². The van der Waals surface area contributed by atoms with E-state index in [1.54, 1.807) is 6.07 Å². The summed E-state index contributed by atoms with van der Waals surface area (Å²) in [6.07, 6.45) is 1.96. The van der Waals surface area contributed by atoms with E-state index in [9.17, 15) is 4.79 Å². The van der Waals surface area contributed by atoms with Crippen molar-refractivity contribution in [1.82, 2.24) is 4.57 Å². The normalized spacial score (nSPS) is 13.0. The van der Waals surface area contributed by atoms with Crippen molar-refractivity contribution in [2.75, 3.05) is 5.32 Å². The summed E-state index contributed by atoms with van der Waals surface area (Å²) in [5, 5.41) is 4.46. The van der Waals surface area contributed by atoms with Crippen LogP contribution in [0, 0.1) is 0 Å². The molecule has 0 spiro atoms. The van der Waals surface area contributed by atoms with Crippen molar-refractivity contribution >= 4 is 34.1 Å². The summed E-state index contributed by atoms with van der Waals surface area (Å²) in [4.78, 5) is 12.3. The number of anilines is 1. The van der Waals surface area contributed by atoms with E-state index >= 15 is 0 Å². The van der Waals surface area contributed by atoms with Crippen LogP contribution in [0.5, 0.6) is 0 Å². The van der Waals surface area contributed by atoms with Gasteiger partial charge in [-0.15, -0.1) is 0 Å². The average molecular weight is 269 g/mol. The Bertz CT molecular complexity index is 835. The lowest BCUT2D eigenvalue weighted by atomic mass is 10.1. The van der Waals surface area contributed by atoms with Crippen molar-refractivity contribution in [3.8, 4) is 5.69 Å². The second-order valence-corrected chi connectivity index (χ2v) is 4.98. The minimum atomic E-state index is -0.127. The Labute approximate surface area is 114 Å². The van der Waals surface area contributed by atoms with Gasteiger partial charge in [-0.25, -0.2) is 0 Å². The summed E-state index contributed by atoms with van der Waals surface area (Å²) in [5.74, 6) is -0.127. The SMILES string of the molecule is O=C1Nc2ccccc2-n2ccc3cc(Cl)cc1c32. The van der Waals surface area contributed by atoms with Crippen LogP contribution < -0.4 is 5.32 Å². The van der Waals surface area contributed by atoms with Gasteiger partial charge in [-0.3, -0.25) is 4.79 Å². The Morgan fingerprint density at radius 1 is 1.11 bits per heavy atom. The van der Waals surface area contributed by atoms with E-state index in [4.69, 9.17) is 11.6 Å². The first kappa shape index (κ1) is 10.6. The third-order valence-electron chi connectivity index (χ3n) is 3.40. The lowest BCUT2D eigenvalue weighted by Crippen LogP contribution is -2.11. The number of carbonyl (C=O) groups excluding carboxylic acids is 1. The fourth-order valence-corrected chi connectivity index (χ4v) is 2.83. The summed E-state index contributed by atoms with van der Waals surface area (Å²) >= 11 is 6.08. The number of amides is 1. The maximum absolute atomic E-state index is 12.3. The number of hydrogen-bond donors (Lipinski definition) is 1. The standard InChI is InChI=1S/C15H9ClN2O/c16-10-7-9-5-6-18-13-4-2-1-3-12(13)17-15(19)11(8-10)14(9)18/h1-8H,(H,17,19). The van der Waals surface area contributed by atoms with Crippen molar-refractivity contribution < 1.29 is 4.79 Å². The molecular weight excluding hydrogens is 260 g/mol. The van der Waals surface area contributed by atoms with E-state index in [-0.39, 0.29) is 5.91 Å². The Morgan fingerprint density at radius 2 is 1.95 bits per heavy atom. The molecule has 0 saturated carbocycles. The lowest BCUT2D eigenvalue weighted by Gasteiger charge is -2.07. The van der Waals surface area contributed by atoms with Crippen molar-refractivity contribution in [2.24, 2.45) is 0 Å². The van der Waals surface area contributed by atoms with Crippen molar-refractivity contribution in [2.45, 2.75) is 0 Å². The average Bonchev–Trinajstić information content (AvgIpc) is 2.76. The van der Waals surface area contributed by atoms with Gasteiger partial charge < -0.3 is 9.88 Å². The predicted molar refractivity (Wildman–Crippen MR) is 76.2 cm³/mol. The predicted octanol–water partition coefficient (Wildman–Crippen LogP) is 3.85. The zero-order chi connectivity index (χ0) is 13.0. The minimum Gasteiger partial charge on any atom is -0.320 e. The van der Waals surface area contributed by atoms with E-state index in [0.29, 0.717) is 10.6 Å². The van der Waals surface area contributed by atoms with Gasteiger partial charge in [0.05, 0.1) is 22.5 Å². The minimum absolute atomic E-state index is 0.127. The van der Waals surface area contributed by atoms with Gasteiger partial charge in [0, 0.05) is 16.6 Å². The zero-order valence-electron chi connectivity index (χ0n) is 9.85. The molecule has 92 valence electrons. The molecule has 1 amide bonds. The van der Waals surface area contributed by atoms with Crippen molar-refractivity contribution in [3.63, 3.8) is 0 Å². The fraction of sp³-hybridized carbons (Fsp3) is 0. The molecule has 1 aliphatic rings. The summed E-state index contributed by atoms with van der Waals surface area (Å²) in [7, 11) is 0. The molecule has 0 radical (unpaired) electrons. The van der Waals surface area contributed by atoms with Gasteiger partial charge >= 0.3 is 0 Å². The number of para-hydroxylation sites is 2. The number of carbonyl (C=O) groups is 1. The first-order valence-electron chi connectivity index (χ1n) is 5.95. The highest BCUT2D eigenvalue weighted by Crippen LogP contribution is 2.33. The van der Waals surface area contributed by atoms with Crippen LogP contribution in [0.4, 0.5) is 5.69 Å². The molecule has 0 aliphatic carbocycles. The number of benzene rings is 2. The number of nitrogens with one attached hydrogen (secondary N) is 1. The number of halogens is 1. The van der Waals surface area contributed by atoms with Gasteiger partial charge in [0.1, 0.15) is 0 Å². The molecule has 2 heterocycles. The highest BCUT2D eigenvalue weighted by molar-refractivity contribution is 6.32. The van der Waals surface area contributed by atoms with Crippen LogP contribution in [0.2, 0.25) is 5.02 Å². The third kappa shape index (κ3) is 1.42. The molecule has 4 heteroatoms. The molecule has 0 saturated heterocycles. The molecule has 2 aromatic carbocycles. The quantitative estimate of drug-likeness (QED) is 0.660. The van der Waals surface area contributed by atoms with Crippen molar-refractivity contribution in [1.29, 1.82) is 0 Å². The van der Waals surface area contributed by atoms with Crippen LogP contribution in [0.15, 0.2) is 48.7 Å². The van der Waals surface area contributed by atoms with Crippen LogP contribution in [0.3, 0.4) is 0 Å². The number of fused-ring (bicyclic) bond motifs is 2. The second kappa shape index (κ2) is 3.62. The molecule has 1 N–H and O–H groups in total. The Balaban J connectivity index is 2.19. The maximum atomic E-state index is 12.3. The summed E-state index contributed by atoms with van der Waals surface area (Å²) in [6.45, 7) is 0. The molecule has 0 fully saturated rings. The molecule has 1 aliphatic heterocycles. The molecule has 3 nitrogen and oxygen atoms in total. The number of aromatic nitrogens is 1. The molecule has 4 rings (SSSR count). The first-order valence-corrected chi connectivity index (χ1v) is 6.33. The monoisotopic (exact) mass is 268 g/mol. The third-order valence-corrected chi connectivity index (χ3v) is 3.62. The van der Waals surface area contributed by atoms with Crippen LogP contribution in [0.25, 0.3) is 16.6 Å². The summed E-state index contributed by atoms with van der Waals surface area (Å²) < 4.78 is 2.02. The maximum Gasteiger partial charge on any atom is 0.257 e. The Morgan fingerprint density at radius 3 is 2.84 bits per heavy atom. The van der Waals surface area contributed by atoms with Crippen LogP contribution >= 0.6 is 11.6 Å². The smallest absolute Gasteiger partial charge is 0.257 e. The van der Waals surface area contributed by atoms with Crippen LogP contribution in [0.1, 0.15) is 10.4 Å². The highest BCUT2D eigenvalue weighted by atomic mass is 35.5. The largest absolute Gasteiger partial charge is 0.320 e. The Hall–Kier alpha value is -2.26. The molecular formula is C15H9ClN2O. The van der Waals surface area contributed by atoms with Crippen LogP contribution in [-0.4, -0.2) is 10.5 Å². The van der Waals surface area contributed by atoms with Crippen LogP contribution in [-0.2, 0) is 0 Å². The molecule has 0 atom stereocenters. The first-order chi connectivity index (χ1) is 9.24. The zero-order valence-corrected chi connectivity index (χ0v) is 10.6. The molecule has 0 unspecified atom stereocenters. The van der Waals surface area contributed by atoms with E-state index < -0.39 is 0 Å². The van der Waals surface area contributed by atoms with Crippen molar-refractivity contribution in [3.05, 3.63) is 59.2 Å². The second-order valence-electron chi connectivity index (χ2n) is 4.55. The van der Waals surface area contributed by atoms with Gasteiger partial charge in [-0.2, -0.15) is 0 Å². The highest BCUT2D eigenvalue weighted by Gasteiger charge is 2.21. The Kier molecular flexibility index (Phi) is 2.03. The van der Waals surface area contributed by atoms with Gasteiger partial charge in [-0.1, -0.05) is 23.7 Å². The summed E-state index contributed by atoms with van der Waals surface area (Å²) in [5.41, 5.74) is 3.26. The van der Waals surface area contributed by atoms with Gasteiger partial charge in [0.25, 0.3) is 5.91 Å². The molecule has 3 aromatic rings. The summed E-state index contributed by atoms with van der Waals surface area (Å²) in [6, 6.07) is 13.3. The topological polar surface area (TPSA) is 34.0 Å². The van der Waals surface area contributed by atoms with E-state index in [0.717, 1.165) is 22.3 Å². The number of hydrogen-bond acceptors (Lipinski definition) is 1. The van der Waals surface area contributed by atoms with Gasteiger partial charge in [-0.05, 0) is 30.3 Å². The number of rotatable bonds is 0. The van der Waals surface area contributed by atoms with E-state index in [1.165, 1.54) is 0 Å². The number of nitrogens with zero attached hydrogens (tertiary/aromatic N) is 1. The van der Waals surface area contributed by atoms with Gasteiger partial charge in [0.2, 0.25) is 0 Å². The lowest BCUT2D eigenvalue weighted by molar-refractivity contribution is 0.102. The fourth-order valence-electron chi connectivity index (χ4n) is 2.60.